The molecule has 0 fully saturated rings. The third-order valence-electron chi connectivity index (χ3n) is 3.68. The fourth-order valence-corrected chi connectivity index (χ4v) is 2.49. The van der Waals surface area contributed by atoms with Crippen molar-refractivity contribution in [1.29, 1.82) is 0 Å². The lowest BCUT2D eigenvalue weighted by Crippen LogP contribution is -2.48. The zero-order valence-electron chi connectivity index (χ0n) is 14.3. The number of carbonyl (C=O) groups is 2. The number of hydrogen-bond donors (Lipinski definition) is 4. The average molecular weight is 321 g/mol. The second-order valence-electron chi connectivity index (χ2n) is 5.92. The van der Waals surface area contributed by atoms with Gasteiger partial charge in [-0.05, 0) is 36.3 Å². The van der Waals surface area contributed by atoms with Gasteiger partial charge in [-0.25, -0.2) is 10.3 Å². The van der Waals surface area contributed by atoms with Crippen molar-refractivity contribution in [3.05, 3.63) is 29.3 Å². The Labute approximate surface area is 137 Å². The molecule has 4 N–H and O–H groups in total. The molecule has 1 atom stereocenters. The Morgan fingerprint density at radius 3 is 2.13 bits per heavy atom. The molecule has 0 saturated carbocycles. The number of amides is 3. The predicted octanol–water partition coefficient (Wildman–Crippen LogP) is 2.85. The molecular formula is C17H27N3O3. The van der Waals surface area contributed by atoms with Gasteiger partial charge in [0.1, 0.15) is 6.04 Å². The van der Waals surface area contributed by atoms with Gasteiger partial charge in [-0.3, -0.25) is 10.0 Å². The number of hydrogen-bond acceptors (Lipinski definition) is 3. The Balaban J connectivity index is 2.88. The number of anilines is 1. The van der Waals surface area contributed by atoms with Crippen molar-refractivity contribution < 1.29 is 14.8 Å². The van der Waals surface area contributed by atoms with Gasteiger partial charge in [0.15, 0.2) is 0 Å². The maximum atomic E-state index is 12.3. The van der Waals surface area contributed by atoms with Crippen LogP contribution in [-0.2, 0) is 17.6 Å². The molecule has 1 aromatic rings. The normalized spacial score (nSPS) is 11.9. The maximum absolute atomic E-state index is 12.3. The van der Waals surface area contributed by atoms with E-state index in [1.165, 1.54) is 0 Å². The summed E-state index contributed by atoms with van der Waals surface area (Å²) in [5.74, 6) is -0.417. The Bertz CT molecular complexity index is 522. The predicted molar refractivity (Wildman–Crippen MR) is 90.5 cm³/mol. The largest absolute Gasteiger partial charge is 0.326 e. The number of benzene rings is 1. The molecule has 0 aliphatic carbocycles. The molecule has 6 nitrogen and oxygen atoms in total. The SMILES string of the molecule is CCc1cccc(CC)c1NC(=O)N[C@H](CC(C)C)C(=O)NO. The highest BCUT2D eigenvalue weighted by Crippen LogP contribution is 2.22. The van der Waals surface area contributed by atoms with Crippen molar-refractivity contribution in [1.82, 2.24) is 10.8 Å². The maximum Gasteiger partial charge on any atom is 0.319 e. The van der Waals surface area contributed by atoms with Crippen molar-refractivity contribution in [3.63, 3.8) is 0 Å². The molecule has 3 amide bonds. The number of urea groups is 1. The van der Waals surface area contributed by atoms with Crippen LogP contribution in [0, 0.1) is 5.92 Å². The molecule has 1 aromatic carbocycles. The van der Waals surface area contributed by atoms with E-state index in [2.05, 4.69) is 10.6 Å². The molecule has 0 bridgehead atoms. The van der Waals surface area contributed by atoms with Crippen molar-refractivity contribution in [2.75, 3.05) is 5.32 Å². The number of carbonyl (C=O) groups excluding carboxylic acids is 2. The summed E-state index contributed by atoms with van der Waals surface area (Å²) < 4.78 is 0. The molecule has 23 heavy (non-hydrogen) atoms. The highest BCUT2D eigenvalue weighted by atomic mass is 16.5. The third-order valence-corrected chi connectivity index (χ3v) is 3.68. The first-order chi connectivity index (χ1) is 10.9. The minimum atomic E-state index is -0.779. The summed E-state index contributed by atoms with van der Waals surface area (Å²) in [7, 11) is 0. The summed E-state index contributed by atoms with van der Waals surface area (Å²) >= 11 is 0. The molecule has 0 radical (unpaired) electrons. The summed E-state index contributed by atoms with van der Waals surface area (Å²) in [4.78, 5) is 24.0. The van der Waals surface area contributed by atoms with E-state index in [-0.39, 0.29) is 5.92 Å². The van der Waals surface area contributed by atoms with E-state index in [0.717, 1.165) is 29.7 Å². The van der Waals surface area contributed by atoms with Gasteiger partial charge in [-0.1, -0.05) is 45.9 Å². The quantitative estimate of drug-likeness (QED) is 0.460. The smallest absolute Gasteiger partial charge is 0.319 e. The molecular weight excluding hydrogens is 294 g/mol. The molecule has 0 spiro atoms. The van der Waals surface area contributed by atoms with Gasteiger partial charge in [0.05, 0.1) is 0 Å². The first-order valence-electron chi connectivity index (χ1n) is 8.05. The molecule has 0 heterocycles. The van der Waals surface area contributed by atoms with Crippen molar-refractivity contribution in [3.8, 4) is 0 Å². The second kappa shape index (κ2) is 9.15. The van der Waals surface area contributed by atoms with Crippen molar-refractivity contribution >= 4 is 17.6 Å². The zero-order valence-corrected chi connectivity index (χ0v) is 14.3. The third kappa shape index (κ3) is 5.56. The molecule has 0 aromatic heterocycles. The molecule has 128 valence electrons. The molecule has 0 unspecified atom stereocenters. The standard InChI is InChI=1S/C17H27N3O3/c1-5-12-8-7-9-13(6-2)15(12)19-17(22)18-14(10-11(3)4)16(21)20-23/h7-9,11,14,23H,5-6,10H2,1-4H3,(H,20,21)(H2,18,19,22)/t14-/m1/s1. The summed E-state index contributed by atoms with van der Waals surface area (Å²) in [6, 6.07) is 4.69. The van der Waals surface area contributed by atoms with Crippen LogP contribution in [0.2, 0.25) is 0 Å². The lowest BCUT2D eigenvalue weighted by atomic mass is 10.0. The highest BCUT2D eigenvalue weighted by Gasteiger charge is 2.22. The van der Waals surface area contributed by atoms with Crippen LogP contribution in [0.15, 0.2) is 18.2 Å². The number of nitrogens with one attached hydrogen (secondary N) is 3. The van der Waals surface area contributed by atoms with E-state index in [1.54, 1.807) is 5.48 Å². The topological polar surface area (TPSA) is 90.5 Å². The fourth-order valence-electron chi connectivity index (χ4n) is 2.49. The minimum Gasteiger partial charge on any atom is -0.326 e. The zero-order chi connectivity index (χ0) is 17.4. The van der Waals surface area contributed by atoms with Gasteiger partial charge in [-0.2, -0.15) is 0 Å². The first kappa shape index (κ1) is 19.0. The van der Waals surface area contributed by atoms with Crippen LogP contribution in [0.5, 0.6) is 0 Å². The molecule has 0 saturated heterocycles. The van der Waals surface area contributed by atoms with Crippen LogP contribution in [0.3, 0.4) is 0 Å². The molecule has 0 aliphatic heterocycles. The summed E-state index contributed by atoms with van der Waals surface area (Å²) in [5.41, 5.74) is 4.49. The van der Waals surface area contributed by atoms with Gasteiger partial charge >= 0.3 is 6.03 Å². The van der Waals surface area contributed by atoms with Gasteiger partial charge in [0.2, 0.25) is 0 Å². The van der Waals surface area contributed by atoms with Crippen LogP contribution in [0.25, 0.3) is 0 Å². The van der Waals surface area contributed by atoms with Crippen LogP contribution >= 0.6 is 0 Å². The van der Waals surface area contributed by atoms with Crippen LogP contribution < -0.4 is 16.1 Å². The van der Waals surface area contributed by atoms with E-state index in [1.807, 2.05) is 45.9 Å². The van der Waals surface area contributed by atoms with E-state index in [0.29, 0.717) is 6.42 Å². The van der Waals surface area contributed by atoms with Gasteiger partial charge < -0.3 is 10.6 Å². The summed E-state index contributed by atoms with van der Waals surface area (Å²) in [6.45, 7) is 7.94. The van der Waals surface area contributed by atoms with E-state index in [4.69, 9.17) is 5.21 Å². The average Bonchev–Trinajstić information content (AvgIpc) is 2.53. The van der Waals surface area contributed by atoms with E-state index < -0.39 is 18.0 Å². The van der Waals surface area contributed by atoms with Gasteiger partial charge in [-0.15, -0.1) is 0 Å². The van der Waals surface area contributed by atoms with Gasteiger partial charge in [0.25, 0.3) is 5.91 Å². The lowest BCUT2D eigenvalue weighted by Gasteiger charge is -2.20. The van der Waals surface area contributed by atoms with E-state index >= 15 is 0 Å². The first-order valence-corrected chi connectivity index (χ1v) is 8.05. The van der Waals surface area contributed by atoms with Crippen LogP contribution in [0.4, 0.5) is 10.5 Å². The molecule has 6 heteroatoms. The number of aryl methyl sites for hydroxylation is 2. The second-order valence-corrected chi connectivity index (χ2v) is 5.92. The number of para-hydroxylation sites is 1. The summed E-state index contributed by atoms with van der Waals surface area (Å²) in [6.07, 6.45) is 2.04. The summed E-state index contributed by atoms with van der Waals surface area (Å²) in [5, 5.41) is 14.3. The van der Waals surface area contributed by atoms with Crippen LogP contribution in [-0.4, -0.2) is 23.2 Å². The number of hydroxylamine groups is 1. The number of rotatable bonds is 7. The van der Waals surface area contributed by atoms with Crippen molar-refractivity contribution in [2.45, 2.75) is 53.0 Å². The molecule has 1 rings (SSSR count). The van der Waals surface area contributed by atoms with Crippen LogP contribution in [0.1, 0.15) is 45.2 Å². The minimum absolute atomic E-state index is 0.201. The van der Waals surface area contributed by atoms with Crippen molar-refractivity contribution in [2.24, 2.45) is 5.92 Å². The Morgan fingerprint density at radius 1 is 1.13 bits per heavy atom. The Morgan fingerprint density at radius 2 is 1.70 bits per heavy atom. The highest BCUT2D eigenvalue weighted by molar-refractivity contribution is 5.94. The monoisotopic (exact) mass is 321 g/mol. The Hall–Kier alpha value is -2.08. The Kier molecular flexibility index (Phi) is 7.54. The van der Waals surface area contributed by atoms with Gasteiger partial charge in [0, 0.05) is 5.69 Å². The molecule has 0 aliphatic rings. The lowest BCUT2D eigenvalue weighted by molar-refractivity contribution is -0.131. The fraction of sp³-hybridized carbons (Fsp3) is 0.529. The van der Waals surface area contributed by atoms with E-state index in [9.17, 15) is 9.59 Å².